The summed E-state index contributed by atoms with van der Waals surface area (Å²) in [7, 11) is 0. The Kier molecular flexibility index (Phi) is 3.40. The number of carbonyl (C=O) groups excluding carboxylic acids is 1. The molecule has 0 radical (unpaired) electrons. The number of carbonyl (C=O) groups is 1. The number of benzene rings is 1. The molecule has 2 saturated carbocycles. The lowest BCUT2D eigenvalue weighted by atomic mass is 9.84. The Morgan fingerprint density at radius 2 is 2.23 bits per heavy atom. The highest BCUT2D eigenvalue weighted by Crippen LogP contribution is 2.49. The molecule has 4 heteroatoms. The van der Waals surface area contributed by atoms with Gasteiger partial charge in [0.2, 0.25) is 5.91 Å². The van der Waals surface area contributed by atoms with Crippen LogP contribution in [0.15, 0.2) is 28.8 Å². The standard InChI is InChI=1S/C18H22N2O2/c1-11(15-9-12-6-7-13(15)8-12)19-18(21)10-16-14-4-2-3-5-17(14)22-20-16/h2-5,11-13,15H,6-10H2,1H3,(H,19,21)/t11-,12+,13+,15+/m1/s1. The highest BCUT2D eigenvalue weighted by molar-refractivity contribution is 5.86. The van der Waals surface area contributed by atoms with Gasteiger partial charge in [-0.3, -0.25) is 4.79 Å². The highest BCUT2D eigenvalue weighted by Gasteiger charge is 2.42. The smallest absolute Gasteiger partial charge is 0.226 e. The number of para-hydroxylation sites is 1. The van der Waals surface area contributed by atoms with Gasteiger partial charge in [0.05, 0.1) is 6.42 Å². The van der Waals surface area contributed by atoms with Gasteiger partial charge in [-0.15, -0.1) is 0 Å². The molecule has 2 aliphatic carbocycles. The Bertz CT molecular complexity index is 693. The van der Waals surface area contributed by atoms with E-state index in [2.05, 4.69) is 17.4 Å². The predicted octanol–water partition coefficient (Wildman–Crippen LogP) is 3.31. The van der Waals surface area contributed by atoms with Crippen LogP contribution < -0.4 is 5.32 Å². The summed E-state index contributed by atoms with van der Waals surface area (Å²) in [5.74, 6) is 2.45. The summed E-state index contributed by atoms with van der Waals surface area (Å²) in [6.07, 6.45) is 5.70. The fraction of sp³-hybridized carbons (Fsp3) is 0.556. The van der Waals surface area contributed by atoms with E-state index < -0.39 is 0 Å². The number of fused-ring (bicyclic) bond motifs is 3. The molecule has 4 nitrogen and oxygen atoms in total. The average Bonchev–Trinajstić information content (AvgIpc) is 3.22. The van der Waals surface area contributed by atoms with Gasteiger partial charge in [-0.2, -0.15) is 0 Å². The summed E-state index contributed by atoms with van der Waals surface area (Å²) < 4.78 is 5.26. The molecule has 0 unspecified atom stereocenters. The Morgan fingerprint density at radius 3 is 3.00 bits per heavy atom. The SMILES string of the molecule is C[C@@H](NC(=O)Cc1noc2ccccc12)[C@@H]1C[C@H]2CC[C@H]1C2. The Labute approximate surface area is 130 Å². The van der Waals surface area contributed by atoms with Gasteiger partial charge in [-0.05, 0) is 56.1 Å². The first-order chi connectivity index (χ1) is 10.7. The summed E-state index contributed by atoms with van der Waals surface area (Å²) in [4.78, 5) is 12.3. The minimum absolute atomic E-state index is 0.0503. The molecule has 22 heavy (non-hydrogen) atoms. The van der Waals surface area contributed by atoms with Gasteiger partial charge in [0, 0.05) is 11.4 Å². The minimum atomic E-state index is 0.0503. The van der Waals surface area contributed by atoms with Gasteiger partial charge in [0.15, 0.2) is 5.58 Å². The fourth-order valence-electron chi connectivity index (χ4n) is 4.54. The number of nitrogens with one attached hydrogen (secondary N) is 1. The van der Waals surface area contributed by atoms with Crippen molar-refractivity contribution >= 4 is 16.9 Å². The quantitative estimate of drug-likeness (QED) is 0.942. The topological polar surface area (TPSA) is 55.1 Å². The van der Waals surface area contributed by atoms with Crippen LogP contribution in [-0.4, -0.2) is 17.1 Å². The Morgan fingerprint density at radius 1 is 1.36 bits per heavy atom. The molecule has 1 heterocycles. The maximum absolute atomic E-state index is 12.3. The maximum Gasteiger partial charge on any atom is 0.226 e. The molecule has 1 N–H and O–H groups in total. The monoisotopic (exact) mass is 298 g/mol. The van der Waals surface area contributed by atoms with E-state index in [0.717, 1.165) is 28.5 Å². The summed E-state index contributed by atoms with van der Waals surface area (Å²) in [5.41, 5.74) is 1.47. The lowest BCUT2D eigenvalue weighted by Crippen LogP contribution is -2.40. The van der Waals surface area contributed by atoms with Crippen molar-refractivity contribution in [3.8, 4) is 0 Å². The number of amides is 1. The zero-order valence-corrected chi connectivity index (χ0v) is 12.9. The van der Waals surface area contributed by atoms with Crippen molar-refractivity contribution in [3.05, 3.63) is 30.0 Å². The molecule has 1 aromatic heterocycles. The van der Waals surface area contributed by atoms with Crippen molar-refractivity contribution in [2.75, 3.05) is 0 Å². The molecule has 116 valence electrons. The van der Waals surface area contributed by atoms with Gasteiger partial charge >= 0.3 is 0 Å². The first-order valence-electron chi connectivity index (χ1n) is 8.33. The van der Waals surface area contributed by atoms with Crippen molar-refractivity contribution in [2.24, 2.45) is 17.8 Å². The first-order valence-corrected chi connectivity index (χ1v) is 8.33. The number of rotatable bonds is 4. The van der Waals surface area contributed by atoms with E-state index in [1.165, 1.54) is 25.7 Å². The van der Waals surface area contributed by atoms with E-state index in [4.69, 9.17) is 4.52 Å². The van der Waals surface area contributed by atoms with Crippen LogP contribution in [0.2, 0.25) is 0 Å². The van der Waals surface area contributed by atoms with E-state index in [-0.39, 0.29) is 11.9 Å². The minimum Gasteiger partial charge on any atom is -0.356 e. The van der Waals surface area contributed by atoms with Crippen LogP contribution in [0.4, 0.5) is 0 Å². The average molecular weight is 298 g/mol. The van der Waals surface area contributed by atoms with Crippen molar-refractivity contribution in [3.63, 3.8) is 0 Å². The molecule has 2 aromatic rings. The van der Waals surface area contributed by atoms with Crippen LogP contribution in [0, 0.1) is 17.8 Å². The van der Waals surface area contributed by atoms with Crippen molar-refractivity contribution in [1.29, 1.82) is 0 Å². The first kappa shape index (κ1) is 13.8. The second-order valence-electron chi connectivity index (χ2n) is 7.00. The van der Waals surface area contributed by atoms with Gasteiger partial charge in [-0.25, -0.2) is 0 Å². The van der Waals surface area contributed by atoms with Crippen molar-refractivity contribution in [2.45, 2.75) is 45.1 Å². The van der Waals surface area contributed by atoms with E-state index in [1.54, 1.807) is 0 Å². The number of aromatic nitrogens is 1. The molecule has 2 bridgehead atoms. The molecule has 0 aliphatic heterocycles. The van der Waals surface area contributed by atoms with Crippen LogP contribution >= 0.6 is 0 Å². The molecular weight excluding hydrogens is 276 g/mol. The Balaban J connectivity index is 1.40. The lowest BCUT2D eigenvalue weighted by molar-refractivity contribution is -0.121. The van der Waals surface area contributed by atoms with E-state index in [0.29, 0.717) is 12.3 Å². The maximum atomic E-state index is 12.3. The third-order valence-corrected chi connectivity index (χ3v) is 5.60. The van der Waals surface area contributed by atoms with Crippen LogP contribution in [0.25, 0.3) is 11.0 Å². The van der Waals surface area contributed by atoms with Gasteiger partial charge in [0.25, 0.3) is 0 Å². The van der Waals surface area contributed by atoms with Gasteiger partial charge < -0.3 is 9.84 Å². The van der Waals surface area contributed by atoms with Crippen LogP contribution in [0.1, 0.15) is 38.3 Å². The number of hydrogen-bond donors (Lipinski definition) is 1. The zero-order chi connectivity index (χ0) is 15.1. The normalized spacial score (nSPS) is 28.1. The Hall–Kier alpha value is -1.84. The largest absolute Gasteiger partial charge is 0.356 e. The lowest BCUT2D eigenvalue weighted by Gasteiger charge is -2.28. The summed E-state index contributed by atoms with van der Waals surface area (Å²) in [5, 5.41) is 8.17. The third-order valence-electron chi connectivity index (χ3n) is 5.60. The molecule has 4 rings (SSSR count). The summed E-state index contributed by atoms with van der Waals surface area (Å²) in [6, 6.07) is 7.95. The van der Waals surface area contributed by atoms with Crippen LogP contribution in [-0.2, 0) is 11.2 Å². The molecule has 4 atom stereocenters. The fourth-order valence-corrected chi connectivity index (χ4v) is 4.54. The third kappa shape index (κ3) is 2.40. The zero-order valence-electron chi connectivity index (χ0n) is 12.9. The predicted molar refractivity (Wildman–Crippen MR) is 84.3 cm³/mol. The number of hydrogen-bond acceptors (Lipinski definition) is 3. The molecule has 1 aromatic carbocycles. The van der Waals surface area contributed by atoms with Crippen molar-refractivity contribution in [1.82, 2.24) is 10.5 Å². The van der Waals surface area contributed by atoms with Gasteiger partial charge in [0.1, 0.15) is 5.69 Å². The summed E-state index contributed by atoms with van der Waals surface area (Å²) >= 11 is 0. The molecule has 2 fully saturated rings. The number of nitrogens with zero attached hydrogens (tertiary/aromatic N) is 1. The van der Waals surface area contributed by atoms with E-state index in [9.17, 15) is 4.79 Å². The van der Waals surface area contributed by atoms with Crippen molar-refractivity contribution < 1.29 is 9.32 Å². The van der Waals surface area contributed by atoms with Gasteiger partial charge in [-0.1, -0.05) is 23.7 Å². The molecular formula is C18H22N2O2. The molecule has 1 amide bonds. The van der Waals surface area contributed by atoms with Crippen LogP contribution in [0.3, 0.4) is 0 Å². The second-order valence-corrected chi connectivity index (χ2v) is 7.00. The summed E-state index contributed by atoms with van der Waals surface area (Å²) in [6.45, 7) is 2.16. The molecule has 2 aliphatic rings. The highest BCUT2D eigenvalue weighted by atomic mass is 16.5. The second kappa shape index (κ2) is 5.41. The van der Waals surface area contributed by atoms with E-state index in [1.807, 2.05) is 24.3 Å². The van der Waals surface area contributed by atoms with E-state index >= 15 is 0 Å². The molecule has 0 spiro atoms. The molecule has 0 saturated heterocycles. The van der Waals surface area contributed by atoms with Crippen LogP contribution in [0.5, 0.6) is 0 Å².